The van der Waals surface area contributed by atoms with E-state index in [-0.39, 0.29) is 11.9 Å². The summed E-state index contributed by atoms with van der Waals surface area (Å²) < 4.78 is 5.80. The van der Waals surface area contributed by atoms with Gasteiger partial charge in [0.2, 0.25) is 0 Å². The summed E-state index contributed by atoms with van der Waals surface area (Å²) in [6, 6.07) is 15.9. The summed E-state index contributed by atoms with van der Waals surface area (Å²) in [6.45, 7) is 4.04. The molecule has 0 bridgehead atoms. The van der Waals surface area contributed by atoms with Gasteiger partial charge in [-0.1, -0.05) is 29.8 Å². The van der Waals surface area contributed by atoms with Crippen LogP contribution >= 0.6 is 0 Å². The Morgan fingerprint density at radius 3 is 2.42 bits per heavy atom. The number of ether oxygens (including phenoxy) is 1. The number of nitrogens with zero attached hydrogens (tertiary/aromatic N) is 1. The van der Waals surface area contributed by atoms with Gasteiger partial charge in [-0.2, -0.15) is 0 Å². The van der Waals surface area contributed by atoms with Crippen LogP contribution in [0.15, 0.2) is 48.5 Å². The molecule has 4 rings (SSSR count). The number of carbonyl (C=O) groups is 1. The van der Waals surface area contributed by atoms with Crippen molar-refractivity contribution in [2.75, 3.05) is 13.1 Å². The zero-order valence-corrected chi connectivity index (χ0v) is 15.2. The number of rotatable bonds is 5. The van der Waals surface area contributed by atoms with Crippen molar-refractivity contribution >= 4 is 5.91 Å². The maximum absolute atomic E-state index is 12.7. The number of benzene rings is 2. The predicted octanol–water partition coefficient (Wildman–Crippen LogP) is 3.38. The minimum atomic E-state index is 0.0922. The largest absolute Gasteiger partial charge is 0.489 e. The van der Waals surface area contributed by atoms with E-state index in [1.165, 1.54) is 18.4 Å². The first kappa shape index (κ1) is 17.1. The molecule has 1 saturated carbocycles. The first-order valence-corrected chi connectivity index (χ1v) is 9.43. The smallest absolute Gasteiger partial charge is 0.253 e. The van der Waals surface area contributed by atoms with Crippen molar-refractivity contribution in [1.29, 1.82) is 0 Å². The Labute approximate surface area is 155 Å². The third kappa shape index (κ3) is 3.75. The van der Waals surface area contributed by atoms with E-state index in [2.05, 4.69) is 6.92 Å². The summed E-state index contributed by atoms with van der Waals surface area (Å²) in [5.74, 6) is 2.17. The number of hydrogen-bond acceptors (Lipinski definition) is 3. The van der Waals surface area contributed by atoms with E-state index >= 15 is 0 Å². The first-order valence-electron chi connectivity index (χ1n) is 9.43. The number of aryl methyl sites for hydroxylation is 1. The average molecular weight is 350 g/mol. The van der Waals surface area contributed by atoms with Crippen LogP contribution in [0.4, 0.5) is 0 Å². The van der Waals surface area contributed by atoms with Crippen molar-refractivity contribution in [3.05, 3.63) is 65.2 Å². The summed E-state index contributed by atoms with van der Waals surface area (Å²) >= 11 is 0. The maximum atomic E-state index is 12.7. The molecule has 2 N–H and O–H groups in total. The Hall–Kier alpha value is -2.33. The first-order chi connectivity index (χ1) is 12.6. The van der Waals surface area contributed by atoms with Crippen molar-refractivity contribution in [1.82, 2.24) is 4.90 Å². The van der Waals surface area contributed by atoms with Crippen molar-refractivity contribution < 1.29 is 9.53 Å². The van der Waals surface area contributed by atoms with E-state index in [0.717, 1.165) is 29.3 Å². The van der Waals surface area contributed by atoms with Crippen LogP contribution in [0.1, 0.15) is 34.3 Å². The average Bonchev–Trinajstić information content (AvgIpc) is 3.43. The molecule has 2 aromatic rings. The van der Waals surface area contributed by atoms with E-state index in [4.69, 9.17) is 10.5 Å². The number of carbonyl (C=O) groups excluding carboxylic acids is 1. The highest BCUT2D eigenvalue weighted by Gasteiger charge is 2.42. The topological polar surface area (TPSA) is 55.6 Å². The molecule has 0 radical (unpaired) electrons. The number of hydrogen-bond donors (Lipinski definition) is 1. The fraction of sp³-hybridized carbons (Fsp3) is 0.409. The van der Waals surface area contributed by atoms with Gasteiger partial charge in [0.25, 0.3) is 5.91 Å². The molecule has 0 spiro atoms. The zero-order valence-electron chi connectivity index (χ0n) is 15.2. The molecule has 4 nitrogen and oxygen atoms in total. The molecule has 1 amide bonds. The van der Waals surface area contributed by atoms with Crippen LogP contribution in [0.25, 0.3) is 0 Å². The highest BCUT2D eigenvalue weighted by Crippen LogP contribution is 2.41. The third-order valence-corrected chi connectivity index (χ3v) is 5.55. The quantitative estimate of drug-likeness (QED) is 0.899. The van der Waals surface area contributed by atoms with Gasteiger partial charge < -0.3 is 15.4 Å². The van der Waals surface area contributed by atoms with Crippen molar-refractivity contribution in [2.24, 2.45) is 17.6 Å². The van der Waals surface area contributed by atoms with Crippen LogP contribution in [0.3, 0.4) is 0 Å². The summed E-state index contributed by atoms with van der Waals surface area (Å²) in [5.41, 5.74) is 9.24. The second-order valence-corrected chi connectivity index (χ2v) is 7.67. The van der Waals surface area contributed by atoms with Gasteiger partial charge in [-0.3, -0.25) is 4.79 Å². The van der Waals surface area contributed by atoms with Gasteiger partial charge in [0.1, 0.15) is 12.4 Å². The monoisotopic (exact) mass is 350 g/mol. The minimum Gasteiger partial charge on any atom is -0.489 e. The highest BCUT2D eigenvalue weighted by atomic mass is 16.5. The molecule has 2 aliphatic rings. The van der Waals surface area contributed by atoms with Crippen molar-refractivity contribution in [2.45, 2.75) is 32.4 Å². The van der Waals surface area contributed by atoms with E-state index in [9.17, 15) is 4.79 Å². The Bertz CT molecular complexity index is 766. The second kappa shape index (κ2) is 7.12. The fourth-order valence-corrected chi connectivity index (χ4v) is 3.77. The normalized spacial score (nSPS) is 22.5. The summed E-state index contributed by atoms with van der Waals surface area (Å²) in [4.78, 5) is 14.7. The second-order valence-electron chi connectivity index (χ2n) is 7.67. The summed E-state index contributed by atoms with van der Waals surface area (Å²) in [5, 5.41) is 0. The molecule has 26 heavy (non-hydrogen) atoms. The van der Waals surface area contributed by atoms with Crippen LogP contribution in [0.2, 0.25) is 0 Å². The standard InChI is InChI=1S/C22H26N2O2/c1-15-2-10-19(11-3-15)26-14-16-4-6-18(7-5-16)22(25)24-12-20(17-8-9-17)21(23)13-24/h2-7,10-11,17,20-21H,8-9,12-14,23H2,1H3/t20-,21+/m1/s1. The van der Waals surface area contributed by atoms with E-state index in [0.29, 0.717) is 19.1 Å². The molecule has 0 unspecified atom stereocenters. The lowest BCUT2D eigenvalue weighted by Gasteiger charge is -2.16. The molecule has 2 aromatic carbocycles. The number of likely N-dealkylation sites (tertiary alicyclic amines) is 1. The van der Waals surface area contributed by atoms with Crippen molar-refractivity contribution in [3.63, 3.8) is 0 Å². The lowest BCUT2D eigenvalue weighted by molar-refractivity contribution is 0.0784. The maximum Gasteiger partial charge on any atom is 0.253 e. The lowest BCUT2D eigenvalue weighted by Crippen LogP contribution is -2.32. The molecule has 1 heterocycles. The van der Waals surface area contributed by atoms with Crippen LogP contribution in [0, 0.1) is 18.8 Å². The third-order valence-electron chi connectivity index (χ3n) is 5.55. The Kier molecular flexibility index (Phi) is 4.68. The molecule has 136 valence electrons. The minimum absolute atomic E-state index is 0.0922. The summed E-state index contributed by atoms with van der Waals surface area (Å²) in [7, 11) is 0. The van der Waals surface area contributed by atoms with Crippen LogP contribution in [-0.2, 0) is 6.61 Å². The van der Waals surface area contributed by atoms with Gasteiger partial charge in [-0.05, 0) is 61.4 Å². The zero-order chi connectivity index (χ0) is 18.1. The molecule has 1 aliphatic carbocycles. The SMILES string of the molecule is Cc1ccc(OCc2ccc(C(=O)N3C[C@H](C4CC4)[C@@H](N)C3)cc2)cc1. The van der Waals surface area contributed by atoms with E-state index in [1.54, 1.807) is 0 Å². The Morgan fingerprint density at radius 2 is 1.77 bits per heavy atom. The predicted molar refractivity (Wildman–Crippen MR) is 102 cm³/mol. The molecule has 2 fully saturated rings. The van der Waals surface area contributed by atoms with Gasteiger partial charge in [-0.25, -0.2) is 0 Å². The number of amides is 1. The van der Waals surface area contributed by atoms with Crippen LogP contribution in [-0.4, -0.2) is 29.9 Å². The number of nitrogens with two attached hydrogens (primary N) is 1. The van der Waals surface area contributed by atoms with Crippen LogP contribution in [0.5, 0.6) is 5.75 Å². The van der Waals surface area contributed by atoms with Crippen molar-refractivity contribution in [3.8, 4) is 5.75 Å². The molecule has 4 heteroatoms. The molecule has 1 aliphatic heterocycles. The van der Waals surface area contributed by atoms with E-state index < -0.39 is 0 Å². The molecule has 2 atom stereocenters. The molecule has 1 saturated heterocycles. The van der Waals surface area contributed by atoms with Crippen LogP contribution < -0.4 is 10.5 Å². The molecular weight excluding hydrogens is 324 g/mol. The van der Waals surface area contributed by atoms with E-state index in [1.807, 2.05) is 53.4 Å². The summed E-state index contributed by atoms with van der Waals surface area (Å²) in [6.07, 6.45) is 2.55. The fourth-order valence-electron chi connectivity index (χ4n) is 3.77. The highest BCUT2D eigenvalue weighted by molar-refractivity contribution is 5.94. The van der Waals surface area contributed by atoms with Gasteiger partial charge in [0.05, 0.1) is 0 Å². The lowest BCUT2D eigenvalue weighted by atomic mass is 9.99. The van der Waals surface area contributed by atoms with Gasteiger partial charge in [-0.15, -0.1) is 0 Å². The molecule has 0 aromatic heterocycles. The Morgan fingerprint density at radius 1 is 1.08 bits per heavy atom. The Balaban J connectivity index is 1.35. The van der Waals surface area contributed by atoms with Gasteiger partial charge in [0, 0.05) is 24.7 Å². The van der Waals surface area contributed by atoms with Gasteiger partial charge in [0.15, 0.2) is 0 Å². The molecular formula is C22H26N2O2. The van der Waals surface area contributed by atoms with Gasteiger partial charge >= 0.3 is 0 Å².